The fourth-order valence-electron chi connectivity index (χ4n) is 3.02. The van der Waals surface area contributed by atoms with Crippen LogP contribution < -0.4 is 0 Å². The first-order valence-electron chi connectivity index (χ1n) is 7.00. The minimum absolute atomic E-state index is 0.202. The molecular formula is C14H27NO2. The van der Waals surface area contributed by atoms with Gasteiger partial charge in [-0.25, -0.2) is 0 Å². The molecule has 1 aliphatic carbocycles. The van der Waals surface area contributed by atoms with Crippen LogP contribution in [0.1, 0.15) is 52.9 Å². The molecule has 1 aliphatic rings. The van der Waals surface area contributed by atoms with Crippen LogP contribution in [0.2, 0.25) is 0 Å². The van der Waals surface area contributed by atoms with Crippen LogP contribution in [0.4, 0.5) is 0 Å². The number of carbonyl (C=O) groups is 1. The topological polar surface area (TPSA) is 40.5 Å². The number of nitrogens with zero attached hydrogens (tertiary/aromatic N) is 1. The average Bonchev–Trinajstić information content (AvgIpc) is 2.51. The van der Waals surface area contributed by atoms with Crippen molar-refractivity contribution in [3.63, 3.8) is 0 Å². The normalized spacial score (nSPS) is 26.2. The molecule has 0 bridgehead atoms. The van der Waals surface area contributed by atoms with Crippen molar-refractivity contribution >= 4 is 5.97 Å². The predicted molar refractivity (Wildman–Crippen MR) is 70.1 cm³/mol. The van der Waals surface area contributed by atoms with E-state index in [4.69, 9.17) is 5.11 Å². The summed E-state index contributed by atoms with van der Waals surface area (Å²) >= 11 is 0. The van der Waals surface area contributed by atoms with E-state index in [1.165, 1.54) is 32.1 Å². The zero-order chi connectivity index (χ0) is 12.8. The Morgan fingerprint density at radius 1 is 1.29 bits per heavy atom. The highest BCUT2D eigenvalue weighted by atomic mass is 16.4. The molecule has 17 heavy (non-hydrogen) atoms. The lowest BCUT2D eigenvalue weighted by Gasteiger charge is -2.28. The van der Waals surface area contributed by atoms with Gasteiger partial charge in [-0.15, -0.1) is 0 Å². The third-order valence-electron chi connectivity index (χ3n) is 4.19. The van der Waals surface area contributed by atoms with Crippen molar-refractivity contribution < 1.29 is 9.90 Å². The first-order valence-corrected chi connectivity index (χ1v) is 7.00. The lowest BCUT2D eigenvalue weighted by molar-refractivity contribution is -0.139. The maximum absolute atomic E-state index is 10.8. The molecule has 0 saturated heterocycles. The molecule has 1 rings (SSSR count). The second kappa shape index (κ2) is 7.00. The first kappa shape index (κ1) is 14.5. The molecular weight excluding hydrogens is 214 g/mol. The Morgan fingerprint density at radius 3 is 2.53 bits per heavy atom. The van der Waals surface area contributed by atoms with Gasteiger partial charge in [0, 0.05) is 6.04 Å². The Morgan fingerprint density at radius 2 is 2.00 bits per heavy atom. The third-order valence-corrected chi connectivity index (χ3v) is 4.19. The van der Waals surface area contributed by atoms with E-state index in [1.54, 1.807) is 0 Å². The van der Waals surface area contributed by atoms with Crippen LogP contribution in [0.25, 0.3) is 0 Å². The van der Waals surface area contributed by atoms with Crippen LogP contribution in [-0.2, 0) is 4.79 Å². The van der Waals surface area contributed by atoms with E-state index in [-0.39, 0.29) is 6.54 Å². The molecule has 2 unspecified atom stereocenters. The third kappa shape index (κ3) is 4.66. The fraction of sp³-hybridized carbons (Fsp3) is 0.929. The largest absolute Gasteiger partial charge is 0.480 e. The minimum Gasteiger partial charge on any atom is -0.480 e. The highest BCUT2D eigenvalue weighted by Crippen LogP contribution is 2.30. The van der Waals surface area contributed by atoms with Crippen LogP contribution in [0.15, 0.2) is 0 Å². The van der Waals surface area contributed by atoms with Crippen LogP contribution in [0, 0.1) is 11.8 Å². The van der Waals surface area contributed by atoms with Gasteiger partial charge in [0.05, 0.1) is 6.54 Å². The van der Waals surface area contributed by atoms with E-state index in [1.807, 2.05) is 0 Å². The van der Waals surface area contributed by atoms with Gasteiger partial charge >= 0.3 is 5.97 Å². The monoisotopic (exact) mass is 241 g/mol. The van der Waals surface area contributed by atoms with Crippen molar-refractivity contribution in [2.45, 2.75) is 58.9 Å². The van der Waals surface area contributed by atoms with Gasteiger partial charge in [-0.3, -0.25) is 9.69 Å². The highest BCUT2D eigenvalue weighted by Gasteiger charge is 2.25. The van der Waals surface area contributed by atoms with Crippen molar-refractivity contribution in [2.75, 3.05) is 13.1 Å². The molecule has 0 aromatic carbocycles. The Balaban J connectivity index is 2.51. The van der Waals surface area contributed by atoms with Gasteiger partial charge in [-0.05, 0) is 37.6 Å². The van der Waals surface area contributed by atoms with E-state index in [2.05, 4.69) is 25.7 Å². The summed E-state index contributed by atoms with van der Waals surface area (Å²) in [6.07, 6.45) is 6.18. The molecule has 1 saturated carbocycles. The van der Waals surface area contributed by atoms with Crippen LogP contribution >= 0.6 is 0 Å². The first-order chi connectivity index (χ1) is 8.04. The van der Waals surface area contributed by atoms with Crippen LogP contribution in [-0.4, -0.2) is 35.1 Å². The molecule has 0 amide bonds. The summed E-state index contributed by atoms with van der Waals surface area (Å²) in [5, 5.41) is 8.91. The number of carboxylic acids is 1. The molecule has 3 heteroatoms. The molecule has 0 aromatic rings. The predicted octanol–water partition coefficient (Wildman–Crippen LogP) is 3.00. The Kier molecular flexibility index (Phi) is 5.96. The molecule has 0 heterocycles. The summed E-state index contributed by atoms with van der Waals surface area (Å²) in [5.41, 5.74) is 0. The molecule has 0 spiro atoms. The van der Waals surface area contributed by atoms with E-state index < -0.39 is 5.97 Å². The van der Waals surface area contributed by atoms with Crippen molar-refractivity contribution in [3.8, 4) is 0 Å². The number of hydrogen-bond donors (Lipinski definition) is 1. The Labute approximate surface area is 105 Å². The van der Waals surface area contributed by atoms with E-state index in [0.717, 1.165) is 18.4 Å². The number of rotatable bonds is 5. The standard InChI is InChI=1S/C14H27NO2/c1-4-15(10-14(16)17)13-7-5-6-12(8-9-13)11(2)3/h11-13H,4-10H2,1-3H3,(H,16,17). The lowest BCUT2D eigenvalue weighted by Crippen LogP contribution is -2.38. The van der Waals surface area contributed by atoms with E-state index in [0.29, 0.717) is 6.04 Å². The molecule has 0 aliphatic heterocycles. The molecule has 3 nitrogen and oxygen atoms in total. The second-order valence-corrected chi connectivity index (χ2v) is 5.62. The maximum atomic E-state index is 10.8. The molecule has 2 atom stereocenters. The number of hydrogen-bond acceptors (Lipinski definition) is 2. The molecule has 100 valence electrons. The zero-order valence-electron chi connectivity index (χ0n) is 11.5. The number of likely N-dealkylation sites (N-methyl/N-ethyl adjacent to an activating group) is 1. The van der Waals surface area contributed by atoms with Gasteiger partial charge < -0.3 is 5.11 Å². The fourth-order valence-corrected chi connectivity index (χ4v) is 3.02. The van der Waals surface area contributed by atoms with Crippen molar-refractivity contribution in [3.05, 3.63) is 0 Å². The molecule has 1 fully saturated rings. The maximum Gasteiger partial charge on any atom is 0.317 e. The zero-order valence-corrected chi connectivity index (χ0v) is 11.5. The summed E-state index contributed by atoms with van der Waals surface area (Å²) in [6, 6.07) is 0.486. The van der Waals surface area contributed by atoms with Gasteiger partial charge in [-0.1, -0.05) is 33.6 Å². The van der Waals surface area contributed by atoms with Gasteiger partial charge in [0.15, 0.2) is 0 Å². The summed E-state index contributed by atoms with van der Waals surface area (Å²) in [7, 11) is 0. The molecule has 0 aromatic heterocycles. The van der Waals surface area contributed by atoms with Crippen molar-refractivity contribution in [1.82, 2.24) is 4.90 Å². The quantitative estimate of drug-likeness (QED) is 0.752. The van der Waals surface area contributed by atoms with Gasteiger partial charge in [0.1, 0.15) is 0 Å². The lowest BCUT2D eigenvalue weighted by atomic mass is 9.89. The number of carboxylic acid groups (broad SMARTS) is 1. The van der Waals surface area contributed by atoms with E-state index in [9.17, 15) is 4.79 Å². The SMILES string of the molecule is CCN(CC(=O)O)C1CCCC(C(C)C)CC1. The van der Waals surface area contributed by atoms with Crippen molar-refractivity contribution in [2.24, 2.45) is 11.8 Å². The number of aliphatic carboxylic acids is 1. The summed E-state index contributed by atoms with van der Waals surface area (Å²) < 4.78 is 0. The smallest absolute Gasteiger partial charge is 0.317 e. The minimum atomic E-state index is -0.698. The van der Waals surface area contributed by atoms with Crippen molar-refractivity contribution in [1.29, 1.82) is 0 Å². The summed E-state index contributed by atoms with van der Waals surface area (Å²) in [4.78, 5) is 13.0. The van der Waals surface area contributed by atoms with Gasteiger partial charge in [0.2, 0.25) is 0 Å². The molecule has 1 N–H and O–H groups in total. The summed E-state index contributed by atoms with van der Waals surface area (Å²) in [6.45, 7) is 7.73. The average molecular weight is 241 g/mol. The Bertz CT molecular complexity index is 240. The molecule has 0 radical (unpaired) electrons. The Hall–Kier alpha value is -0.570. The highest BCUT2D eigenvalue weighted by molar-refractivity contribution is 5.69. The second-order valence-electron chi connectivity index (χ2n) is 5.62. The van der Waals surface area contributed by atoms with Gasteiger partial charge in [-0.2, -0.15) is 0 Å². The van der Waals surface area contributed by atoms with E-state index >= 15 is 0 Å². The van der Waals surface area contributed by atoms with Crippen LogP contribution in [0.3, 0.4) is 0 Å². The summed E-state index contributed by atoms with van der Waals surface area (Å²) in [5.74, 6) is 0.906. The van der Waals surface area contributed by atoms with Gasteiger partial charge in [0.25, 0.3) is 0 Å². The van der Waals surface area contributed by atoms with Crippen LogP contribution in [0.5, 0.6) is 0 Å².